The van der Waals surface area contributed by atoms with Crippen LogP contribution in [0.1, 0.15) is 26.3 Å². The van der Waals surface area contributed by atoms with Crippen LogP contribution in [0.2, 0.25) is 0 Å². The molecule has 1 unspecified atom stereocenters. The maximum atomic E-state index is 12.4. The number of carboxylic acids is 1. The van der Waals surface area contributed by atoms with E-state index in [-0.39, 0.29) is 17.6 Å². The van der Waals surface area contributed by atoms with Gasteiger partial charge in [0, 0.05) is 19.2 Å². The van der Waals surface area contributed by atoms with Crippen LogP contribution in [0.15, 0.2) is 36.5 Å². The minimum absolute atomic E-state index is 0.00118. The van der Waals surface area contributed by atoms with Crippen LogP contribution in [-0.2, 0) is 9.47 Å². The third kappa shape index (κ3) is 4.85. The van der Waals surface area contributed by atoms with E-state index >= 15 is 0 Å². The molecule has 0 spiro atoms. The molecule has 1 atom stereocenters. The summed E-state index contributed by atoms with van der Waals surface area (Å²) >= 11 is 0. The Morgan fingerprint density at radius 3 is 2.82 bits per heavy atom. The molecule has 1 fully saturated rings. The van der Waals surface area contributed by atoms with Crippen LogP contribution in [0.4, 0.5) is 11.5 Å². The molecule has 1 amide bonds. The summed E-state index contributed by atoms with van der Waals surface area (Å²) < 4.78 is 11.0. The molecule has 0 aliphatic carbocycles. The summed E-state index contributed by atoms with van der Waals surface area (Å²) in [6, 6.07) is 8.55. The number of carbonyl (C=O) groups excluding carboxylic acids is 1. The molecule has 3 rings (SSSR count). The van der Waals surface area contributed by atoms with Gasteiger partial charge in [0.15, 0.2) is 0 Å². The second-order valence-electron chi connectivity index (χ2n) is 6.67. The fourth-order valence-corrected chi connectivity index (χ4v) is 3.01. The predicted octanol–water partition coefficient (Wildman–Crippen LogP) is 2.19. The first-order chi connectivity index (χ1) is 13.4. The molecule has 1 aromatic heterocycles. The van der Waals surface area contributed by atoms with E-state index in [9.17, 15) is 14.7 Å². The van der Waals surface area contributed by atoms with Crippen molar-refractivity contribution in [1.29, 1.82) is 0 Å². The van der Waals surface area contributed by atoms with Crippen molar-refractivity contribution in [3.63, 3.8) is 0 Å². The van der Waals surface area contributed by atoms with Gasteiger partial charge in [0.1, 0.15) is 11.4 Å². The fourth-order valence-electron chi connectivity index (χ4n) is 3.01. The molecule has 8 heteroatoms. The van der Waals surface area contributed by atoms with Crippen LogP contribution in [0.5, 0.6) is 0 Å². The molecular formula is C20H23N3O5. The molecule has 8 nitrogen and oxygen atoms in total. The Kier molecular flexibility index (Phi) is 6.23. The zero-order valence-electron chi connectivity index (χ0n) is 15.8. The number of carbonyl (C=O) groups is 2. The molecule has 1 aliphatic rings. The standard InChI is InChI=1S/C20H23N3O5/c1-13-4-3-5-14(8-13)19(24)22-15-9-17(20(25)26)18(21-10-15)23(2)11-16-12-27-6-7-28-16/h3-5,8-10,16H,6-7,11-12H2,1-2H3,(H,22,24)(H,25,26). The van der Waals surface area contributed by atoms with E-state index in [4.69, 9.17) is 9.47 Å². The van der Waals surface area contributed by atoms with Crippen LogP contribution in [0, 0.1) is 6.92 Å². The lowest BCUT2D eigenvalue weighted by atomic mass is 10.1. The number of pyridine rings is 1. The van der Waals surface area contributed by atoms with Gasteiger partial charge in [-0.3, -0.25) is 4.79 Å². The van der Waals surface area contributed by atoms with Crippen molar-refractivity contribution in [1.82, 2.24) is 4.98 Å². The average Bonchev–Trinajstić information content (AvgIpc) is 2.68. The number of nitrogens with zero attached hydrogens (tertiary/aromatic N) is 2. The number of benzene rings is 1. The summed E-state index contributed by atoms with van der Waals surface area (Å²) in [6.45, 7) is 3.88. The highest BCUT2D eigenvalue weighted by atomic mass is 16.6. The molecule has 28 heavy (non-hydrogen) atoms. The van der Waals surface area contributed by atoms with Gasteiger partial charge in [-0.1, -0.05) is 17.7 Å². The SMILES string of the molecule is Cc1cccc(C(=O)Nc2cnc(N(C)CC3COCCO3)c(C(=O)O)c2)c1. The molecule has 0 saturated carbocycles. The molecule has 0 radical (unpaired) electrons. The summed E-state index contributed by atoms with van der Waals surface area (Å²) in [5.74, 6) is -1.15. The first kappa shape index (κ1) is 19.8. The summed E-state index contributed by atoms with van der Waals surface area (Å²) in [7, 11) is 1.75. The highest BCUT2D eigenvalue weighted by Gasteiger charge is 2.22. The zero-order valence-corrected chi connectivity index (χ0v) is 15.8. The molecule has 2 heterocycles. The van der Waals surface area contributed by atoms with Gasteiger partial charge < -0.3 is 24.8 Å². The van der Waals surface area contributed by atoms with Gasteiger partial charge in [-0.05, 0) is 25.1 Å². The Morgan fingerprint density at radius 1 is 1.32 bits per heavy atom. The normalized spacial score (nSPS) is 16.4. The van der Waals surface area contributed by atoms with E-state index in [0.717, 1.165) is 5.56 Å². The molecule has 1 aliphatic heterocycles. The number of aromatic carboxylic acids is 1. The lowest BCUT2D eigenvalue weighted by Crippen LogP contribution is -2.39. The number of aryl methyl sites for hydroxylation is 1. The van der Waals surface area contributed by atoms with E-state index in [1.54, 1.807) is 30.1 Å². The molecule has 2 N–H and O–H groups in total. The van der Waals surface area contributed by atoms with Gasteiger partial charge in [0.05, 0.1) is 37.8 Å². The molecule has 148 valence electrons. The van der Waals surface area contributed by atoms with Gasteiger partial charge >= 0.3 is 5.97 Å². The van der Waals surface area contributed by atoms with Gasteiger partial charge in [0.2, 0.25) is 0 Å². The molecule has 2 aromatic rings. The summed E-state index contributed by atoms with van der Waals surface area (Å²) in [5, 5.41) is 12.3. The van der Waals surface area contributed by atoms with Gasteiger partial charge in [0.25, 0.3) is 5.91 Å². The first-order valence-electron chi connectivity index (χ1n) is 8.96. The van der Waals surface area contributed by atoms with Crippen molar-refractivity contribution in [2.24, 2.45) is 0 Å². The van der Waals surface area contributed by atoms with Gasteiger partial charge in [-0.25, -0.2) is 9.78 Å². The number of aromatic nitrogens is 1. The molecule has 1 aromatic carbocycles. The maximum Gasteiger partial charge on any atom is 0.339 e. The van der Waals surface area contributed by atoms with E-state index in [0.29, 0.717) is 43.4 Å². The predicted molar refractivity (Wildman–Crippen MR) is 104 cm³/mol. The number of nitrogens with one attached hydrogen (secondary N) is 1. The largest absolute Gasteiger partial charge is 0.478 e. The number of hydrogen-bond donors (Lipinski definition) is 2. The number of likely N-dealkylation sites (N-methyl/N-ethyl adjacent to an activating group) is 1. The van der Waals surface area contributed by atoms with E-state index in [1.807, 2.05) is 13.0 Å². The van der Waals surface area contributed by atoms with Crippen molar-refractivity contribution in [2.45, 2.75) is 13.0 Å². The van der Waals surface area contributed by atoms with E-state index in [1.165, 1.54) is 12.3 Å². The first-order valence-corrected chi connectivity index (χ1v) is 8.96. The van der Waals surface area contributed by atoms with Crippen LogP contribution >= 0.6 is 0 Å². The van der Waals surface area contributed by atoms with Crippen LogP contribution in [0.25, 0.3) is 0 Å². The third-order valence-electron chi connectivity index (χ3n) is 4.36. The Labute approximate surface area is 163 Å². The van der Waals surface area contributed by atoms with Crippen molar-refractivity contribution in [3.8, 4) is 0 Å². The quantitative estimate of drug-likeness (QED) is 0.786. The lowest BCUT2D eigenvalue weighted by Gasteiger charge is -2.28. The second-order valence-corrected chi connectivity index (χ2v) is 6.67. The number of hydrogen-bond acceptors (Lipinski definition) is 6. The van der Waals surface area contributed by atoms with Crippen molar-refractivity contribution >= 4 is 23.4 Å². The lowest BCUT2D eigenvalue weighted by molar-refractivity contribution is -0.0837. The Morgan fingerprint density at radius 2 is 2.14 bits per heavy atom. The Balaban J connectivity index is 1.76. The number of carboxylic acid groups (broad SMARTS) is 1. The topological polar surface area (TPSA) is 101 Å². The second kappa shape index (κ2) is 8.81. The Bertz CT molecular complexity index is 865. The number of ether oxygens (including phenoxy) is 2. The highest BCUT2D eigenvalue weighted by molar-refractivity contribution is 6.05. The minimum atomic E-state index is -1.12. The average molecular weight is 385 g/mol. The third-order valence-corrected chi connectivity index (χ3v) is 4.36. The molecular weight excluding hydrogens is 362 g/mol. The van der Waals surface area contributed by atoms with Crippen LogP contribution in [0.3, 0.4) is 0 Å². The van der Waals surface area contributed by atoms with Crippen LogP contribution in [-0.4, -0.2) is 61.5 Å². The zero-order chi connectivity index (χ0) is 20.1. The van der Waals surface area contributed by atoms with Gasteiger partial charge in [-0.15, -0.1) is 0 Å². The maximum absolute atomic E-state index is 12.4. The van der Waals surface area contributed by atoms with Crippen molar-refractivity contribution in [3.05, 3.63) is 53.2 Å². The molecule has 0 bridgehead atoms. The van der Waals surface area contributed by atoms with E-state index in [2.05, 4.69) is 10.3 Å². The van der Waals surface area contributed by atoms with Crippen molar-refractivity contribution < 1.29 is 24.2 Å². The summed E-state index contributed by atoms with van der Waals surface area (Å²) in [6.07, 6.45) is 1.30. The Hall–Kier alpha value is -2.97. The number of anilines is 2. The summed E-state index contributed by atoms with van der Waals surface area (Å²) in [4.78, 5) is 30.1. The number of rotatable bonds is 6. The van der Waals surface area contributed by atoms with Gasteiger partial charge in [-0.2, -0.15) is 0 Å². The molecule has 1 saturated heterocycles. The monoisotopic (exact) mass is 385 g/mol. The van der Waals surface area contributed by atoms with Crippen LogP contribution < -0.4 is 10.2 Å². The van der Waals surface area contributed by atoms with Crippen molar-refractivity contribution in [2.75, 3.05) is 43.6 Å². The number of amides is 1. The highest BCUT2D eigenvalue weighted by Crippen LogP contribution is 2.22. The minimum Gasteiger partial charge on any atom is -0.478 e. The fraction of sp³-hybridized carbons (Fsp3) is 0.350. The van der Waals surface area contributed by atoms with E-state index < -0.39 is 5.97 Å². The smallest absolute Gasteiger partial charge is 0.339 e. The summed E-state index contributed by atoms with van der Waals surface area (Å²) in [5.41, 5.74) is 1.77.